The number of hydrogen-bond acceptors (Lipinski definition) is 5. The molecule has 0 aliphatic heterocycles. The molecular formula is C15H24N2O4. The highest BCUT2D eigenvalue weighted by atomic mass is 16.5. The van der Waals surface area contributed by atoms with Gasteiger partial charge in [0.2, 0.25) is 0 Å². The van der Waals surface area contributed by atoms with E-state index < -0.39 is 5.97 Å². The van der Waals surface area contributed by atoms with Gasteiger partial charge < -0.3 is 25.2 Å². The Kier molecular flexibility index (Phi) is 7.56. The fourth-order valence-corrected chi connectivity index (χ4v) is 1.97. The van der Waals surface area contributed by atoms with Crippen molar-refractivity contribution < 1.29 is 19.7 Å². The number of hydrogen-bond donors (Lipinski definition) is 3. The molecule has 0 bridgehead atoms. The first kappa shape index (κ1) is 17.3. The summed E-state index contributed by atoms with van der Waals surface area (Å²) in [6.45, 7) is 2.08. The van der Waals surface area contributed by atoms with Gasteiger partial charge in [-0.25, -0.2) is 0 Å². The van der Waals surface area contributed by atoms with E-state index in [1.165, 1.54) is 0 Å². The summed E-state index contributed by atoms with van der Waals surface area (Å²) in [6.07, 6.45) is 0.817. The smallest absolute Gasteiger partial charge is 0.305 e. The summed E-state index contributed by atoms with van der Waals surface area (Å²) < 4.78 is 5.38. The van der Waals surface area contributed by atoms with Gasteiger partial charge in [-0.3, -0.25) is 4.79 Å². The largest absolute Gasteiger partial charge is 0.495 e. The molecule has 1 aromatic rings. The average Bonchev–Trinajstić information content (AvgIpc) is 2.49. The number of carboxylic acid groups (broad SMARTS) is 1. The lowest BCUT2D eigenvalue weighted by atomic mass is 10.1. The molecule has 0 saturated heterocycles. The van der Waals surface area contributed by atoms with Gasteiger partial charge in [0.05, 0.1) is 19.2 Å². The second kappa shape index (κ2) is 9.20. The van der Waals surface area contributed by atoms with Gasteiger partial charge in [-0.15, -0.1) is 0 Å². The zero-order valence-electron chi connectivity index (χ0n) is 12.6. The Bertz CT molecular complexity index is 451. The molecule has 6 nitrogen and oxygen atoms in total. The molecule has 1 aromatic carbocycles. The van der Waals surface area contributed by atoms with Crippen LogP contribution in [0.2, 0.25) is 0 Å². The maximum absolute atomic E-state index is 10.6. The second-order valence-corrected chi connectivity index (χ2v) is 4.83. The monoisotopic (exact) mass is 296 g/mol. The van der Waals surface area contributed by atoms with Gasteiger partial charge in [0.15, 0.2) is 0 Å². The zero-order valence-corrected chi connectivity index (χ0v) is 12.6. The van der Waals surface area contributed by atoms with Crippen LogP contribution in [0.3, 0.4) is 0 Å². The minimum Gasteiger partial charge on any atom is -0.495 e. The Balaban J connectivity index is 2.67. The lowest BCUT2D eigenvalue weighted by Crippen LogP contribution is -2.22. The van der Waals surface area contributed by atoms with Crippen LogP contribution in [0.15, 0.2) is 18.2 Å². The molecule has 0 aliphatic rings. The van der Waals surface area contributed by atoms with Gasteiger partial charge in [0, 0.05) is 26.7 Å². The summed E-state index contributed by atoms with van der Waals surface area (Å²) >= 11 is 0. The molecule has 0 aliphatic carbocycles. The molecule has 6 heteroatoms. The lowest BCUT2D eigenvalue weighted by molar-refractivity contribution is -0.136. The maximum Gasteiger partial charge on any atom is 0.305 e. The van der Waals surface area contributed by atoms with E-state index in [9.17, 15) is 4.79 Å². The van der Waals surface area contributed by atoms with Crippen molar-refractivity contribution in [3.8, 4) is 5.75 Å². The number of aliphatic hydroxyl groups is 1. The van der Waals surface area contributed by atoms with Gasteiger partial charge in [0.25, 0.3) is 0 Å². The van der Waals surface area contributed by atoms with E-state index in [-0.39, 0.29) is 13.0 Å². The molecule has 0 saturated carbocycles. The number of anilines is 1. The fourth-order valence-electron chi connectivity index (χ4n) is 1.97. The van der Waals surface area contributed by atoms with Crippen molar-refractivity contribution in [1.82, 2.24) is 5.32 Å². The number of nitrogens with one attached hydrogen (secondary N) is 1. The number of aliphatic hydroxyl groups excluding tert-OH is 1. The highest BCUT2D eigenvalue weighted by Crippen LogP contribution is 2.28. The van der Waals surface area contributed by atoms with Crippen LogP contribution in [-0.4, -0.2) is 50.0 Å². The summed E-state index contributed by atoms with van der Waals surface area (Å²) in [5, 5.41) is 20.7. The SMILES string of the molecule is COc1cc(CNCCCO)ccc1N(C)CCC(=O)O. The van der Waals surface area contributed by atoms with Crippen LogP contribution in [0.25, 0.3) is 0 Å². The Morgan fingerprint density at radius 1 is 1.43 bits per heavy atom. The van der Waals surface area contributed by atoms with Crippen LogP contribution in [-0.2, 0) is 11.3 Å². The van der Waals surface area contributed by atoms with Crippen LogP contribution >= 0.6 is 0 Å². The van der Waals surface area contributed by atoms with Crippen molar-refractivity contribution >= 4 is 11.7 Å². The number of rotatable bonds is 10. The first-order valence-electron chi connectivity index (χ1n) is 7.00. The molecule has 0 aromatic heterocycles. The van der Waals surface area contributed by atoms with Crippen LogP contribution in [0.5, 0.6) is 5.75 Å². The molecule has 0 fully saturated rings. The third-order valence-electron chi connectivity index (χ3n) is 3.16. The van der Waals surface area contributed by atoms with Gasteiger partial charge in [-0.05, 0) is 30.7 Å². The summed E-state index contributed by atoms with van der Waals surface area (Å²) in [5.74, 6) is -0.0881. The van der Waals surface area contributed by atoms with Crippen molar-refractivity contribution in [3.63, 3.8) is 0 Å². The Morgan fingerprint density at radius 2 is 2.19 bits per heavy atom. The summed E-state index contributed by atoms with van der Waals surface area (Å²) in [6, 6.07) is 5.86. The molecule has 0 heterocycles. The van der Waals surface area contributed by atoms with E-state index >= 15 is 0 Å². The van der Waals surface area contributed by atoms with Crippen LogP contribution in [0.4, 0.5) is 5.69 Å². The number of aliphatic carboxylic acids is 1. The number of methoxy groups -OCH3 is 1. The molecule has 0 radical (unpaired) electrons. The van der Waals surface area contributed by atoms with Crippen molar-refractivity contribution in [2.24, 2.45) is 0 Å². The van der Waals surface area contributed by atoms with E-state index in [2.05, 4.69) is 5.32 Å². The van der Waals surface area contributed by atoms with Gasteiger partial charge in [0.1, 0.15) is 5.75 Å². The van der Waals surface area contributed by atoms with Crippen molar-refractivity contribution in [3.05, 3.63) is 23.8 Å². The number of nitrogens with zero attached hydrogens (tertiary/aromatic N) is 1. The summed E-state index contributed by atoms with van der Waals surface area (Å²) in [7, 11) is 3.45. The number of carboxylic acids is 1. The van der Waals surface area contributed by atoms with Gasteiger partial charge in [-0.1, -0.05) is 6.07 Å². The molecule has 0 spiro atoms. The number of carbonyl (C=O) groups is 1. The van der Waals surface area contributed by atoms with Crippen LogP contribution in [0.1, 0.15) is 18.4 Å². The van der Waals surface area contributed by atoms with Gasteiger partial charge in [-0.2, -0.15) is 0 Å². The highest BCUT2D eigenvalue weighted by molar-refractivity contribution is 5.68. The predicted octanol–water partition coefficient (Wildman–Crippen LogP) is 1.08. The van der Waals surface area contributed by atoms with E-state index in [0.29, 0.717) is 13.1 Å². The van der Waals surface area contributed by atoms with E-state index in [1.54, 1.807) is 7.11 Å². The molecule has 21 heavy (non-hydrogen) atoms. The number of ether oxygens (including phenoxy) is 1. The Labute approximate surface area is 125 Å². The van der Waals surface area contributed by atoms with Gasteiger partial charge >= 0.3 is 5.97 Å². The minimum atomic E-state index is -0.814. The Hall–Kier alpha value is -1.79. The van der Waals surface area contributed by atoms with Crippen molar-refractivity contribution in [2.75, 3.05) is 38.8 Å². The topological polar surface area (TPSA) is 82.0 Å². The quantitative estimate of drug-likeness (QED) is 0.561. The zero-order chi connectivity index (χ0) is 15.7. The molecule has 0 unspecified atom stereocenters. The highest BCUT2D eigenvalue weighted by Gasteiger charge is 2.10. The molecule has 3 N–H and O–H groups in total. The van der Waals surface area contributed by atoms with Crippen molar-refractivity contribution in [1.29, 1.82) is 0 Å². The Morgan fingerprint density at radius 3 is 2.81 bits per heavy atom. The lowest BCUT2D eigenvalue weighted by Gasteiger charge is -2.21. The molecular weight excluding hydrogens is 272 g/mol. The van der Waals surface area contributed by atoms with Crippen molar-refractivity contribution in [2.45, 2.75) is 19.4 Å². The van der Waals surface area contributed by atoms with E-state index in [1.807, 2.05) is 30.1 Å². The first-order chi connectivity index (χ1) is 10.1. The first-order valence-corrected chi connectivity index (χ1v) is 7.00. The van der Waals surface area contributed by atoms with E-state index in [0.717, 1.165) is 30.0 Å². The van der Waals surface area contributed by atoms with Crippen LogP contribution in [0, 0.1) is 0 Å². The molecule has 0 amide bonds. The molecule has 0 atom stereocenters. The molecule has 118 valence electrons. The average molecular weight is 296 g/mol. The minimum absolute atomic E-state index is 0.0874. The third-order valence-corrected chi connectivity index (χ3v) is 3.16. The van der Waals surface area contributed by atoms with Crippen LogP contribution < -0.4 is 15.0 Å². The summed E-state index contributed by atoms with van der Waals surface area (Å²) in [5.41, 5.74) is 1.96. The maximum atomic E-state index is 10.6. The normalized spacial score (nSPS) is 10.4. The number of benzene rings is 1. The third kappa shape index (κ3) is 6.01. The second-order valence-electron chi connectivity index (χ2n) is 4.83. The predicted molar refractivity (Wildman–Crippen MR) is 81.9 cm³/mol. The molecule has 1 rings (SSSR count). The fraction of sp³-hybridized carbons (Fsp3) is 0.533. The summed E-state index contributed by atoms with van der Waals surface area (Å²) in [4.78, 5) is 12.5. The van der Waals surface area contributed by atoms with E-state index in [4.69, 9.17) is 14.9 Å². The standard InChI is InChI=1S/C15H24N2O4/c1-17(8-6-15(19)20)13-5-4-12(10-14(13)21-2)11-16-7-3-9-18/h4-5,10,16,18H,3,6-9,11H2,1-2H3,(H,19,20).